The molecule has 1 heterocycles. The number of benzene rings is 1. The van der Waals surface area contributed by atoms with Gasteiger partial charge in [-0.25, -0.2) is 0 Å². The van der Waals surface area contributed by atoms with Crippen molar-refractivity contribution in [2.75, 3.05) is 13.1 Å². The zero-order chi connectivity index (χ0) is 16.7. The zero-order valence-corrected chi connectivity index (χ0v) is 14.0. The molecule has 2 amide bonds. The summed E-state index contributed by atoms with van der Waals surface area (Å²) in [7, 11) is 0. The SMILES string of the molecule is CCNC(=O)CCCC(=O)NCCn1ccc2cc(Cl)ccc21. The standard InChI is InChI=1S/C17H22ClN3O2/c1-2-19-16(22)4-3-5-17(23)20-9-11-21-10-8-13-12-14(18)6-7-15(13)21/h6-8,10,12H,2-5,9,11H2,1H3,(H,19,22)(H,20,23). The number of hydrogen-bond acceptors (Lipinski definition) is 2. The first-order valence-corrected chi connectivity index (χ1v) is 8.25. The van der Waals surface area contributed by atoms with Crippen LogP contribution in [0.1, 0.15) is 26.2 Å². The summed E-state index contributed by atoms with van der Waals surface area (Å²) in [6, 6.07) is 7.77. The molecule has 0 atom stereocenters. The molecule has 0 spiro atoms. The van der Waals surface area contributed by atoms with Crippen LogP contribution in [-0.2, 0) is 16.1 Å². The van der Waals surface area contributed by atoms with Crippen LogP contribution >= 0.6 is 11.6 Å². The van der Waals surface area contributed by atoms with Gasteiger partial charge in [-0.3, -0.25) is 9.59 Å². The molecule has 0 aliphatic carbocycles. The van der Waals surface area contributed by atoms with Gasteiger partial charge in [0.2, 0.25) is 11.8 Å². The number of fused-ring (bicyclic) bond motifs is 1. The summed E-state index contributed by atoms with van der Waals surface area (Å²) in [5, 5.41) is 7.41. The Hall–Kier alpha value is -2.01. The molecule has 1 aromatic carbocycles. The van der Waals surface area contributed by atoms with Crippen LogP contribution in [0.3, 0.4) is 0 Å². The Kier molecular flexibility index (Phi) is 6.47. The highest BCUT2D eigenvalue weighted by molar-refractivity contribution is 6.31. The van der Waals surface area contributed by atoms with Crippen LogP contribution < -0.4 is 10.6 Å². The number of nitrogens with zero attached hydrogens (tertiary/aromatic N) is 1. The molecule has 124 valence electrons. The lowest BCUT2D eigenvalue weighted by atomic mass is 10.2. The van der Waals surface area contributed by atoms with E-state index >= 15 is 0 Å². The Bertz CT molecular complexity index is 682. The highest BCUT2D eigenvalue weighted by Crippen LogP contribution is 2.20. The summed E-state index contributed by atoms with van der Waals surface area (Å²) in [4.78, 5) is 23.0. The molecule has 2 N–H and O–H groups in total. The molecule has 0 radical (unpaired) electrons. The predicted molar refractivity (Wildman–Crippen MR) is 92.5 cm³/mol. The van der Waals surface area contributed by atoms with Crippen LogP contribution in [0.25, 0.3) is 10.9 Å². The van der Waals surface area contributed by atoms with Gasteiger partial charge in [-0.15, -0.1) is 0 Å². The highest BCUT2D eigenvalue weighted by Gasteiger charge is 2.05. The summed E-state index contributed by atoms with van der Waals surface area (Å²) in [6.45, 7) is 3.77. The molecule has 23 heavy (non-hydrogen) atoms. The second-order valence-corrected chi connectivity index (χ2v) is 5.81. The minimum Gasteiger partial charge on any atom is -0.356 e. The van der Waals surface area contributed by atoms with Crippen molar-refractivity contribution in [3.63, 3.8) is 0 Å². The molecule has 0 aliphatic rings. The monoisotopic (exact) mass is 335 g/mol. The lowest BCUT2D eigenvalue weighted by molar-refractivity contribution is -0.122. The maximum atomic E-state index is 11.7. The third-order valence-corrected chi connectivity index (χ3v) is 3.82. The second kappa shape index (κ2) is 8.58. The van der Waals surface area contributed by atoms with E-state index in [9.17, 15) is 9.59 Å². The number of carbonyl (C=O) groups is 2. The number of rotatable bonds is 8. The summed E-state index contributed by atoms with van der Waals surface area (Å²) >= 11 is 5.97. The van der Waals surface area contributed by atoms with E-state index in [2.05, 4.69) is 15.2 Å². The fraction of sp³-hybridized carbons (Fsp3) is 0.412. The third-order valence-electron chi connectivity index (χ3n) is 3.59. The molecule has 0 saturated heterocycles. The number of hydrogen-bond donors (Lipinski definition) is 2. The minimum atomic E-state index is -0.0196. The topological polar surface area (TPSA) is 63.1 Å². The Labute approximate surface area is 141 Å². The van der Waals surface area contributed by atoms with Gasteiger partial charge in [-0.05, 0) is 37.6 Å². The van der Waals surface area contributed by atoms with Crippen molar-refractivity contribution in [3.8, 4) is 0 Å². The van der Waals surface area contributed by atoms with Gasteiger partial charge in [0.05, 0.1) is 0 Å². The van der Waals surface area contributed by atoms with E-state index in [1.165, 1.54) is 0 Å². The van der Waals surface area contributed by atoms with Gasteiger partial charge in [-0.1, -0.05) is 11.6 Å². The van der Waals surface area contributed by atoms with E-state index in [1.807, 2.05) is 37.4 Å². The Balaban J connectivity index is 1.71. The average Bonchev–Trinajstić information content (AvgIpc) is 2.90. The molecule has 0 unspecified atom stereocenters. The Morgan fingerprint density at radius 2 is 1.87 bits per heavy atom. The normalized spacial score (nSPS) is 10.7. The molecule has 1 aromatic heterocycles. The summed E-state index contributed by atoms with van der Waals surface area (Å²) in [5.74, 6) is -0.0217. The Morgan fingerprint density at radius 1 is 1.13 bits per heavy atom. The predicted octanol–water partition coefficient (Wildman–Crippen LogP) is 2.72. The molecule has 2 aromatic rings. The van der Waals surface area contributed by atoms with Crippen molar-refractivity contribution in [1.82, 2.24) is 15.2 Å². The summed E-state index contributed by atoms with van der Waals surface area (Å²) in [6.07, 6.45) is 3.33. The lowest BCUT2D eigenvalue weighted by Crippen LogP contribution is -2.27. The molecule has 0 saturated carbocycles. The molecule has 0 aliphatic heterocycles. The number of carbonyl (C=O) groups excluding carboxylic acids is 2. The fourth-order valence-corrected chi connectivity index (χ4v) is 2.65. The van der Waals surface area contributed by atoms with Gasteiger partial charge in [0, 0.05) is 54.6 Å². The first-order valence-electron chi connectivity index (χ1n) is 7.88. The zero-order valence-electron chi connectivity index (χ0n) is 13.3. The largest absolute Gasteiger partial charge is 0.356 e. The van der Waals surface area contributed by atoms with Crippen molar-refractivity contribution < 1.29 is 9.59 Å². The first-order chi connectivity index (χ1) is 11.1. The van der Waals surface area contributed by atoms with Gasteiger partial charge in [-0.2, -0.15) is 0 Å². The van der Waals surface area contributed by atoms with E-state index in [4.69, 9.17) is 11.6 Å². The van der Waals surface area contributed by atoms with Crippen LogP contribution in [-0.4, -0.2) is 29.5 Å². The van der Waals surface area contributed by atoms with E-state index in [0.717, 1.165) is 15.9 Å². The molecule has 5 nitrogen and oxygen atoms in total. The molecule has 2 rings (SSSR count). The van der Waals surface area contributed by atoms with Crippen molar-refractivity contribution in [3.05, 3.63) is 35.5 Å². The quantitative estimate of drug-likeness (QED) is 0.779. The van der Waals surface area contributed by atoms with E-state index < -0.39 is 0 Å². The highest BCUT2D eigenvalue weighted by atomic mass is 35.5. The second-order valence-electron chi connectivity index (χ2n) is 5.37. The third kappa shape index (κ3) is 5.28. The maximum absolute atomic E-state index is 11.7. The van der Waals surface area contributed by atoms with E-state index in [1.54, 1.807) is 0 Å². The molecule has 6 heteroatoms. The van der Waals surface area contributed by atoms with E-state index in [0.29, 0.717) is 38.9 Å². The van der Waals surface area contributed by atoms with E-state index in [-0.39, 0.29) is 11.8 Å². The van der Waals surface area contributed by atoms with Gasteiger partial charge in [0.1, 0.15) is 0 Å². The Morgan fingerprint density at radius 3 is 2.61 bits per heavy atom. The van der Waals surface area contributed by atoms with Crippen LogP contribution in [0.4, 0.5) is 0 Å². The molecule has 0 bridgehead atoms. The van der Waals surface area contributed by atoms with Gasteiger partial charge < -0.3 is 15.2 Å². The lowest BCUT2D eigenvalue weighted by Gasteiger charge is -2.08. The van der Waals surface area contributed by atoms with Crippen molar-refractivity contribution in [1.29, 1.82) is 0 Å². The number of nitrogens with one attached hydrogen (secondary N) is 2. The van der Waals surface area contributed by atoms with Crippen LogP contribution in [0, 0.1) is 0 Å². The van der Waals surface area contributed by atoms with Gasteiger partial charge in [0.25, 0.3) is 0 Å². The summed E-state index contributed by atoms with van der Waals surface area (Å²) < 4.78 is 2.08. The summed E-state index contributed by atoms with van der Waals surface area (Å²) in [5.41, 5.74) is 1.10. The van der Waals surface area contributed by atoms with Crippen LogP contribution in [0.5, 0.6) is 0 Å². The van der Waals surface area contributed by atoms with Crippen molar-refractivity contribution >= 4 is 34.3 Å². The number of amides is 2. The molecular weight excluding hydrogens is 314 g/mol. The van der Waals surface area contributed by atoms with Crippen LogP contribution in [0.15, 0.2) is 30.5 Å². The molecular formula is C17H22ClN3O2. The van der Waals surface area contributed by atoms with Gasteiger partial charge >= 0.3 is 0 Å². The van der Waals surface area contributed by atoms with Crippen LogP contribution in [0.2, 0.25) is 5.02 Å². The first kappa shape index (κ1) is 17.3. The van der Waals surface area contributed by atoms with Gasteiger partial charge in [0.15, 0.2) is 0 Å². The minimum absolute atomic E-state index is 0.00206. The average molecular weight is 336 g/mol. The smallest absolute Gasteiger partial charge is 0.220 e. The fourth-order valence-electron chi connectivity index (χ4n) is 2.47. The van der Waals surface area contributed by atoms with Crippen molar-refractivity contribution in [2.45, 2.75) is 32.7 Å². The number of aromatic nitrogens is 1. The number of halogens is 1. The maximum Gasteiger partial charge on any atom is 0.220 e. The molecule has 0 fully saturated rings. The van der Waals surface area contributed by atoms with Crippen molar-refractivity contribution in [2.24, 2.45) is 0 Å².